The van der Waals surface area contributed by atoms with E-state index in [0.29, 0.717) is 18.8 Å². The van der Waals surface area contributed by atoms with Crippen molar-refractivity contribution in [3.63, 3.8) is 0 Å². The lowest BCUT2D eigenvalue weighted by Crippen LogP contribution is -2.30. The maximum atomic E-state index is 12.0. The molecule has 0 atom stereocenters. The van der Waals surface area contributed by atoms with Crippen molar-refractivity contribution in [3.05, 3.63) is 58.4 Å². The average Bonchev–Trinajstić information content (AvgIpc) is 2.52. The largest absolute Gasteiger partial charge is 0.352 e. The molecule has 0 saturated heterocycles. The maximum Gasteiger partial charge on any atom is 0.261 e. The van der Waals surface area contributed by atoms with Gasteiger partial charge < -0.3 is 16.0 Å². The molecule has 0 saturated carbocycles. The third-order valence-electron chi connectivity index (χ3n) is 3.16. The minimum atomic E-state index is -0.382. The van der Waals surface area contributed by atoms with E-state index < -0.39 is 0 Å². The zero-order valence-electron chi connectivity index (χ0n) is 11.8. The summed E-state index contributed by atoms with van der Waals surface area (Å²) in [5, 5.41) is 2.72. The van der Waals surface area contributed by atoms with E-state index in [-0.39, 0.29) is 17.0 Å². The van der Waals surface area contributed by atoms with Crippen molar-refractivity contribution in [2.75, 3.05) is 13.1 Å². The Balaban J connectivity index is 2.09. The normalized spacial score (nSPS) is 10.3. The predicted octanol–water partition coefficient (Wildman–Crippen LogP) is 1.51. The molecule has 0 aliphatic carbocycles. The van der Waals surface area contributed by atoms with Gasteiger partial charge in [-0.3, -0.25) is 9.59 Å². The number of amides is 1. The van der Waals surface area contributed by atoms with E-state index in [9.17, 15) is 9.59 Å². The first-order valence-electron chi connectivity index (χ1n) is 6.99. The van der Waals surface area contributed by atoms with Crippen LogP contribution >= 0.6 is 0 Å². The maximum absolute atomic E-state index is 12.0. The van der Waals surface area contributed by atoms with Gasteiger partial charge in [-0.2, -0.15) is 0 Å². The number of hydrogen-bond donors (Lipinski definition) is 3. The first kappa shape index (κ1) is 15.0. The summed E-state index contributed by atoms with van der Waals surface area (Å²) in [6.45, 7) is 1.12. The second kappa shape index (κ2) is 7.40. The second-order valence-electron chi connectivity index (χ2n) is 4.73. The van der Waals surface area contributed by atoms with E-state index in [1.807, 2.05) is 30.3 Å². The molecule has 2 aromatic rings. The molecule has 2 rings (SSSR count). The fourth-order valence-corrected chi connectivity index (χ4v) is 2.01. The number of hydrogen-bond acceptors (Lipinski definition) is 3. The van der Waals surface area contributed by atoms with Gasteiger partial charge in [-0.05, 0) is 37.1 Å². The molecule has 1 aromatic heterocycles. The lowest BCUT2D eigenvalue weighted by molar-refractivity contribution is 0.0951. The molecule has 21 heavy (non-hydrogen) atoms. The number of unbranched alkanes of at least 4 members (excludes halogenated alkanes) is 1. The summed E-state index contributed by atoms with van der Waals surface area (Å²) in [6, 6.07) is 12.8. The summed E-state index contributed by atoms with van der Waals surface area (Å²) >= 11 is 0. The third kappa shape index (κ3) is 4.03. The highest BCUT2D eigenvalue weighted by molar-refractivity contribution is 5.94. The van der Waals surface area contributed by atoms with Gasteiger partial charge in [0.05, 0.1) is 0 Å². The van der Waals surface area contributed by atoms with Crippen LogP contribution in [-0.4, -0.2) is 24.0 Å². The summed E-state index contributed by atoms with van der Waals surface area (Å²) in [7, 11) is 0. The lowest BCUT2D eigenvalue weighted by Gasteiger charge is -2.06. The van der Waals surface area contributed by atoms with Gasteiger partial charge in [0.15, 0.2) is 0 Å². The standard InChI is InChI=1S/C16H19N3O2/c17-10-4-5-11-18-15(20)13-8-9-14(19-16(13)21)12-6-2-1-3-7-12/h1-3,6-9H,4-5,10-11,17H2,(H,18,20)(H,19,21). The number of benzene rings is 1. The van der Waals surface area contributed by atoms with Crippen molar-refractivity contribution < 1.29 is 4.79 Å². The summed E-state index contributed by atoms with van der Waals surface area (Å²) in [5.74, 6) is -0.354. The van der Waals surface area contributed by atoms with E-state index in [2.05, 4.69) is 10.3 Å². The van der Waals surface area contributed by atoms with E-state index in [1.54, 1.807) is 12.1 Å². The minimum Gasteiger partial charge on any atom is -0.352 e. The van der Waals surface area contributed by atoms with Gasteiger partial charge in [0.25, 0.3) is 11.5 Å². The van der Waals surface area contributed by atoms with Crippen molar-refractivity contribution in [3.8, 4) is 11.3 Å². The van der Waals surface area contributed by atoms with Crippen LogP contribution in [0.2, 0.25) is 0 Å². The second-order valence-corrected chi connectivity index (χ2v) is 4.73. The number of rotatable bonds is 6. The Kier molecular flexibility index (Phi) is 5.29. The molecule has 0 aliphatic heterocycles. The van der Waals surface area contributed by atoms with Crippen molar-refractivity contribution in [1.82, 2.24) is 10.3 Å². The molecular formula is C16H19N3O2. The van der Waals surface area contributed by atoms with Gasteiger partial charge >= 0.3 is 0 Å². The summed E-state index contributed by atoms with van der Waals surface area (Å²) in [6.07, 6.45) is 1.66. The van der Waals surface area contributed by atoms with Crippen LogP contribution in [-0.2, 0) is 0 Å². The Morgan fingerprint density at radius 1 is 1.10 bits per heavy atom. The lowest BCUT2D eigenvalue weighted by atomic mass is 10.1. The van der Waals surface area contributed by atoms with Crippen LogP contribution in [0.4, 0.5) is 0 Å². The summed E-state index contributed by atoms with van der Waals surface area (Å²) in [4.78, 5) is 26.7. The molecule has 1 heterocycles. The molecule has 0 unspecified atom stereocenters. The van der Waals surface area contributed by atoms with Gasteiger partial charge in [0, 0.05) is 12.2 Å². The number of nitrogens with two attached hydrogens (primary N) is 1. The fourth-order valence-electron chi connectivity index (χ4n) is 2.01. The van der Waals surface area contributed by atoms with Gasteiger partial charge in [0.1, 0.15) is 5.56 Å². The van der Waals surface area contributed by atoms with E-state index in [4.69, 9.17) is 5.73 Å². The minimum absolute atomic E-state index is 0.127. The molecule has 1 aromatic carbocycles. The summed E-state index contributed by atoms with van der Waals surface area (Å²) in [5.41, 5.74) is 6.73. The van der Waals surface area contributed by atoms with Crippen molar-refractivity contribution >= 4 is 5.91 Å². The van der Waals surface area contributed by atoms with Crippen LogP contribution in [0.1, 0.15) is 23.2 Å². The predicted molar refractivity (Wildman–Crippen MR) is 83.1 cm³/mol. The van der Waals surface area contributed by atoms with Crippen LogP contribution in [0.5, 0.6) is 0 Å². The Morgan fingerprint density at radius 2 is 1.86 bits per heavy atom. The van der Waals surface area contributed by atoms with Crippen molar-refractivity contribution in [2.45, 2.75) is 12.8 Å². The zero-order valence-corrected chi connectivity index (χ0v) is 11.8. The van der Waals surface area contributed by atoms with Crippen LogP contribution in [0, 0.1) is 0 Å². The molecule has 0 spiro atoms. The number of carbonyl (C=O) groups is 1. The topological polar surface area (TPSA) is 88.0 Å². The van der Waals surface area contributed by atoms with Crippen molar-refractivity contribution in [1.29, 1.82) is 0 Å². The Hall–Kier alpha value is -2.40. The van der Waals surface area contributed by atoms with Gasteiger partial charge in [-0.1, -0.05) is 30.3 Å². The first-order chi connectivity index (χ1) is 10.2. The van der Waals surface area contributed by atoms with Crippen LogP contribution in [0.25, 0.3) is 11.3 Å². The molecule has 1 amide bonds. The van der Waals surface area contributed by atoms with Gasteiger partial charge in [0.2, 0.25) is 0 Å². The molecular weight excluding hydrogens is 266 g/mol. The van der Waals surface area contributed by atoms with Crippen LogP contribution in [0.3, 0.4) is 0 Å². The highest BCUT2D eigenvalue weighted by Crippen LogP contribution is 2.14. The highest BCUT2D eigenvalue weighted by Gasteiger charge is 2.10. The number of H-pyrrole nitrogens is 1. The number of aromatic nitrogens is 1. The Labute approximate surface area is 123 Å². The van der Waals surface area contributed by atoms with Gasteiger partial charge in [-0.25, -0.2) is 0 Å². The molecule has 5 nitrogen and oxygen atoms in total. The molecule has 0 radical (unpaired) electrons. The third-order valence-corrected chi connectivity index (χ3v) is 3.16. The molecule has 0 aliphatic rings. The zero-order chi connectivity index (χ0) is 15.1. The van der Waals surface area contributed by atoms with Crippen LogP contribution < -0.4 is 16.6 Å². The Bertz CT molecular complexity index is 650. The first-order valence-corrected chi connectivity index (χ1v) is 6.99. The fraction of sp³-hybridized carbons (Fsp3) is 0.250. The molecule has 110 valence electrons. The van der Waals surface area contributed by atoms with Crippen LogP contribution in [0.15, 0.2) is 47.3 Å². The number of aromatic amines is 1. The monoisotopic (exact) mass is 285 g/mol. The Morgan fingerprint density at radius 3 is 2.52 bits per heavy atom. The average molecular weight is 285 g/mol. The van der Waals surface area contributed by atoms with Crippen molar-refractivity contribution in [2.24, 2.45) is 5.73 Å². The van der Waals surface area contributed by atoms with E-state index >= 15 is 0 Å². The van der Waals surface area contributed by atoms with E-state index in [1.165, 1.54) is 0 Å². The van der Waals surface area contributed by atoms with Gasteiger partial charge in [-0.15, -0.1) is 0 Å². The van der Waals surface area contributed by atoms with E-state index in [0.717, 1.165) is 18.4 Å². The molecule has 0 bridgehead atoms. The summed E-state index contributed by atoms with van der Waals surface area (Å²) < 4.78 is 0. The smallest absolute Gasteiger partial charge is 0.261 e. The SMILES string of the molecule is NCCCCNC(=O)c1ccc(-c2ccccc2)[nH]c1=O. The number of pyridine rings is 1. The number of nitrogens with one attached hydrogen (secondary N) is 2. The quantitative estimate of drug-likeness (QED) is 0.703. The number of carbonyl (C=O) groups excluding carboxylic acids is 1. The molecule has 4 N–H and O–H groups in total. The molecule has 0 fully saturated rings. The highest BCUT2D eigenvalue weighted by atomic mass is 16.2. The molecule has 5 heteroatoms.